The molecule has 8 nitrogen and oxygen atoms in total. The van der Waals surface area contributed by atoms with Gasteiger partial charge in [0.15, 0.2) is 17.1 Å². The van der Waals surface area contributed by atoms with Crippen LogP contribution in [0.15, 0.2) is 46.0 Å². The normalized spacial score (nSPS) is 11.7. The molecular weight excluding hydrogens is 530 g/mol. The summed E-state index contributed by atoms with van der Waals surface area (Å²) in [6, 6.07) is 11.6. The molecule has 2 amide bonds. The van der Waals surface area contributed by atoms with Crippen molar-refractivity contribution in [2.75, 3.05) is 11.1 Å². The Morgan fingerprint density at radius 2 is 1.83 bits per heavy atom. The lowest BCUT2D eigenvalue weighted by atomic mass is 10.1. The van der Waals surface area contributed by atoms with Crippen LogP contribution in [0, 0.1) is 13.8 Å². The second-order valence-corrected chi connectivity index (χ2v) is 9.98. The first kappa shape index (κ1) is 26.7. The summed E-state index contributed by atoms with van der Waals surface area (Å²) in [5, 5.41) is 14.6. The molecule has 1 aromatic heterocycles. The average molecular weight is 561 g/mol. The third kappa shape index (κ3) is 7.32. The SMILES string of the molecule is CCc1ccc(O[C@@H](C)C(=O)NCc2nnc(SCC(=O)Nc3cc(C)c(C)cc3Br)n2C)cc1. The van der Waals surface area contributed by atoms with Crippen LogP contribution in [0.25, 0.3) is 0 Å². The molecule has 0 aliphatic heterocycles. The molecule has 2 aromatic carbocycles. The molecule has 1 heterocycles. The Balaban J connectivity index is 1.49. The van der Waals surface area contributed by atoms with E-state index in [0.717, 1.165) is 27.7 Å². The van der Waals surface area contributed by atoms with Crippen LogP contribution in [0.5, 0.6) is 5.75 Å². The largest absolute Gasteiger partial charge is 0.481 e. The maximum atomic E-state index is 12.5. The molecule has 0 radical (unpaired) electrons. The molecule has 3 rings (SSSR count). The first-order valence-electron chi connectivity index (χ1n) is 11.3. The van der Waals surface area contributed by atoms with E-state index < -0.39 is 6.10 Å². The lowest BCUT2D eigenvalue weighted by molar-refractivity contribution is -0.127. The fourth-order valence-corrected chi connectivity index (χ4v) is 4.48. The van der Waals surface area contributed by atoms with Crippen LogP contribution in [0.4, 0.5) is 5.69 Å². The van der Waals surface area contributed by atoms with Crippen LogP contribution < -0.4 is 15.4 Å². The molecule has 0 fully saturated rings. The maximum absolute atomic E-state index is 12.5. The van der Waals surface area contributed by atoms with Gasteiger partial charge < -0.3 is 19.9 Å². The van der Waals surface area contributed by atoms with Crippen molar-refractivity contribution < 1.29 is 14.3 Å². The van der Waals surface area contributed by atoms with E-state index in [4.69, 9.17) is 4.74 Å². The molecule has 3 aromatic rings. The predicted molar refractivity (Wildman–Crippen MR) is 142 cm³/mol. The van der Waals surface area contributed by atoms with Crippen molar-refractivity contribution in [1.82, 2.24) is 20.1 Å². The highest BCUT2D eigenvalue weighted by Gasteiger charge is 2.17. The molecule has 0 saturated heterocycles. The van der Waals surface area contributed by atoms with Gasteiger partial charge in [0.25, 0.3) is 5.91 Å². The van der Waals surface area contributed by atoms with Crippen molar-refractivity contribution in [3.63, 3.8) is 0 Å². The number of benzene rings is 2. The van der Waals surface area contributed by atoms with Gasteiger partial charge in [-0.1, -0.05) is 30.8 Å². The van der Waals surface area contributed by atoms with E-state index in [1.807, 2.05) is 50.2 Å². The van der Waals surface area contributed by atoms with Gasteiger partial charge in [-0.3, -0.25) is 9.59 Å². The summed E-state index contributed by atoms with van der Waals surface area (Å²) in [6.45, 7) is 8.01. The van der Waals surface area contributed by atoms with E-state index in [-0.39, 0.29) is 24.1 Å². The number of hydrogen-bond acceptors (Lipinski definition) is 6. The van der Waals surface area contributed by atoms with Gasteiger partial charge in [0.2, 0.25) is 5.91 Å². The number of nitrogens with zero attached hydrogens (tertiary/aromatic N) is 3. The molecule has 0 bridgehead atoms. The number of thioether (sulfide) groups is 1. The topological polar surface area (TPSA) is 98.1 Å². The van der Waals surface area contributed by atoms with Gasteiger partial charge in [-0.2, -0.15) is 0 Å². The number of amides is 2. The molecule has 0 saturated carbocycles. The number of aryl methyl sites for hydroxylation is 3. The van der Waals surface area contributed by atoms with Gasteiger partial charge >= 0.3 is 0 Å². The lowest BCUT2D eigenvalue weighted by Crippen LogP contribution is -2.36. The minimum absolute atomic E-state index is 0.144. The average Bonchev–Trinajstić information content (AvgIpc) is 3.19. The van der Waals surface area contributed by atoms with Crippen LogP contribution >= 0.6 is 27.7 Å². The molecule has 10 heteroatoms. The van der Waals surface area contributed by atoms with Gasteiger partial charge in [-0.25, -0.2) is 0 Å². The summed E-state index contributed by atoms with van der Waals surface area (Å²) in [7, 11) is 1.80. The van der Waals surface area contributed by atoms with Crippen molar-refractivity contribution in [1.29, 1.82) is 0 Å². The number of hydrogen-bond donors (Lipinski definition) is 2. The number of carbonyl (C=O) groups excluding carboxylic acids is 2. The summed E-state index contributed by atoms with van der Waals surface area (Å²) in [5.41, 5.74) is 4.19. The maximum Gasteiger partial charge on any atom is 0.261 e. The van der Waals surface area contributed by atoms with Gasteiger partial charge in [0.1, 0.15) is 5.75 Å². The number of carbonyl (C=O) groups is 2. The monoisotopic (exact) mass is 559 g/mol. The first-order valence-corrected chi connectivity index (χ1v) is 13.1. The summed E-state index contributed by atoms with van der Waals surface area (Å²) >= 11 is 4.77. The molecule has 0 aliphatic rings. The highest BCUT2D eigenvalue weighted by Crippen LogP contribution is 2.26. The van der Waals surface area contributed by atoms with Crippen molar-refractivity contribution in [3.05, 3.63) is 63.4 Å². The Hall–Kier alpha value is -2.85. The molecule has 0 unspecified atom stereocenters. The smallest absolute Gasteiger partial charge is 0.261 e. The van der Waals surface area contributed by atoms with E-state index in [1.165, 1.54) is 17.3 Å². The minimum atomic E-state index is -0.655. The van der Waals surface area contributed by atoms with Crippen molar-refractivity contribution in [3.8, 4) is 5.75 Å². The number of halogens is 1. The van der Waals surface area contributed by atoms with Crippen molar-refractivity contribution in [2.45, 2.75) is 51.9 Å². The van der Waals surface area contributed by atoms with Gasteiger partial charge in [0, 0.05) is 11.5 Å². The van der Waals surface area contributed by atoms with Crippen molar-refractivity contribution in [2.24, 2.45) is 7.05 Å². The number of anilines is 1. The van der Waals surface area contributed by atoms with E-state index in [1.54, 1.807) is 18.5 Å². The highest BCUT2D eigenvalue weighted by atomic mass is 79.9. The molecule has 35 heavy (non-hydrogen) atoms. The standard InChI is InChI=1S/C25H30BrN5O3S/c1-6-18-7-9-19(10-8-18)34-17(4)24(33)27-13-22-29-30-25(31(22)5)35-14-23(32)28-21-12-16(3)15(2)11-20(21)26/h7-12,17H,6,13-14H2,1-5H3,(H,27,33)(H,28,32)/t17-/m0/s1. The number of rotatable bonds is 10. The summed E-state index contributed by atoms with van der Waals surface area (Å²) < 4.78 is 8.33. The zero-order chi connectivity index (χ0) is 25.5. The molecule has 1 atom stereocenters. The molecular formula is C25H30BrN5O3S. The van der Waals surface area contributed by atoms with E-state index in [9.17, 15) is 9.59 Å². The summed E-state index contributed by atoms with van der Waals surface area (Å²) in [5.74, 6) is 1.01. The van der Waals surface area contributed by atoms with Crippen LogP contribution in [-0.2, 0) is 29.6 Å². The zero-order valence-corrected chi connectivity index (χ0v) is 22.9. The second kappa shape index (κ2) is 12.2. The molecule has 186 valence electrons. The predicted octanol–water partition coefficient (Wildman–Crippen LogP) is 4.57. The van der Waals surface area contributed by atoms with Gasteiger partial charge in [0.05, 0.1) is 18.0 Å². The van der Waals surface area contributed by atoms with E-state index >= 15 is 0 Å². The Morgan fingerprint density at radius 1 is 1.14 bits per heavy atom. The molecule has 0 aliphatic carbocycles. The summed E-state index contributed by atoms with van der Waals surface area (Å²) in [4.78, 5) is 24.9. The molecule has 0 spiro atoms. The zero-order valence-electron chi connectivity index (χ0n) is 20.5. The van der Waals surface area contributed by atoms with Gasteiger partial charge in [-0.15, -0.1) is 10.2 Å². The van der Waals surface area contributed by atoms with Crippen molar-refractivity contribution >= 4 is 45.2 Å². The second-order valence-electron chi connectivity index (χ2n) is 8.19. The first-order chi connectivity index (χ1) is 16.7. The third-order valence-electron chi connectivity index (χ3n) is 5.55. The third-order valence-corrected chi connectivity index (χ3v) is 7.23. The van der Waals surface area contributed by atoms with E-state index in [0.29, 0.717) is 16.7 Å². The quantitative estimate of drug-likeness (QED) is 0.353. The van der Waals surface area contributed by atoms with Crippen LogP contribution in [0.1, 0.15) is 36.4 Å². The molecule has 2 N–H and O–H groups in total. The Kier molecular flexibility index (Phi) is 9.33. The Morgan fingerprint density at radius 3 is 2.51 bits per heavy atom. The summed E-state index contributed by atoms with van der Waals surface area (Å²) in [6.07, 6.45) is 0.293. The Labute approximate surface area is 218 Å². The van der Waals surface area contributed by atoms with E-state index in [2.05, 4.69) is 43.7 Å². The minimum Gasteiger partial charge on any atom is -0.481 e. The fourth-order valence-electron chi connectivity index (χ4n) is 3.19. The number of aromatic nitrogens is 3. The number of ether oxygens (including phenoxy) is 1. The number of nitrogens with one attached hydrogen (secondary N) is 2. The highest BCUT2D eigenvalue weighted by molar-refractivity contribution is 9.10. The fraction of sp³-hybridized carbons (Fsp3) is 0.360. The van der Waals surface area contributed by atoms with Crippen LogP contribution in [0.2, 0.25) is 0 Å². The van der Waals surface area contributed by atoms with Crippen LogP contribution in [-0.4, -0.2) is 38.4 Å². The Bertz CT molecular complexity index is 1200. The lowest BCUT2D eigenvalue weighted by Gasteiger charge is -2.15. The van der Waals surface area contributed by atoms with Gasteiger partial charge in [-0.05, 0) is 84.1 Å². The van der Waals surface area contributed by atoms with Crippen LogP contribution in [0.3, 0.4) is 0 Å².